The molecule has 1 aliphatic heterocycles. The molecule has 23 heavy (non-hydrogen) atoms. The van der Waals surface area contributed by atoms with Gasteiger partial charge in [0.15, 0.2) is 0 Å². The minimum absolute atomic E-state index is 0.0702. The van der Waals surface area contributed by atoms with Crippen LogP contribution in [0.1, 0.15) is 12.2 Å². The van der Waals surface area contributed by atoms with Gasteiger partial charge in [-0.3, -0.25) is 15.1 Å². The third kappa shape index (κ3) is 2.37. The zero-order valence-electron chi connectivity index (χ0n) is 12.2. The van der Waals surface area contributed by atoms with E-state index in [1.807, 2.05) is 4.68 Å². The summed E-state index contributed by atoms with van der Waals surface area (Å²) in [6, 6.07) is 6.87. The van der Waals surface area contributed by atoms with Crippen LogP contribution in [0.3, 0.4) is 0 Å². The van der Waals surface area contributed by atoms with Gasteiger partial charge in [-0.15, -0.1) is 0 Å². The number of nitrogens with one attached hydrogen (secondary N) is 1. The molecule has 116 valence electrons. The van der Waals surface area contributed by atoms with Crippen LogP contribution in [0.5, 0.6) is 0 Å². The molecule has 0 saturated carbocycles. The van der Waals surface area contributed by atoms with Gasteiger partial charge in [0.25, 0.3) is 5.69 Å². The van der Waals surface area contributed by atoms with Crippen molar-refractivity contribution in [2.45, 2.75) is 25.4 Å². The van der Waals surface area contributed by atoms with E-state index in [2.05, 4.69) is 20.4 Å². The molecule has 0 amide bonds. The summed E-state index contributed by atoms with van der Waals surface area (Å²) in [5.74, 6) is 0.995. The number of anilines is 1. The lowest BCUT2D eigenvalue weighted by atomic mass is 10.1. The number of rotatable bonds is 3. The summed E-state index contributed by atoms with van der Waals surface area (Å²) >= 11 is 0. The molecule has 0 radical (unpaired) electrons. The quantitative estimate of drug-likeness (QED) is 0.588. The Labute approximate surface area is 131 Å². The van der Waals surface area contributed by atoms with E-state index in [0.717, 1.165) is 30.9 Å². The Kier molecular flexibility index (Phi) is 3.14. The fourth-order valence-corrected chi connectivity index (χ4v) is 3.01. The maximum absolute atomic E-state index is 11.2. The number of nitro groups is 1. The van der Waals surface area contributed by atoms with Crippen LogP contribution >= 0.6 is 0 Å². The maximum atomic E-state index is 11.2. The number of benzene rings is 1. The Bertz CT molecular complexity index is 891. The Hall–Kier alpha value is -3.03. The van der Waals surface area contributed by atoms with Crippen LogP contribution in [-0.2, 0) is 13.0 Å². The van der Waals surface area contributed by atoms with Gasteiger partial charge in [0.05, 0.1) is 22.5 Å². The lowest BCUT2D eigenvalue weighted by Crippen LogP contribution is -2.32. The zero-order chi connectivity index (χ0) is 15.8. The highest BCUT2D eigenvalue weighted by Crippen LogP contribution is 2.30. The normalized spacial score (nSPS) is 17.0. The molecule has 3 aromatic rings. The van der Waals surface area contributed by atoms with Gasteiger partial charge in [-0.25, -0.2) is 9.67 Å². The molecular formula is C15H14N6O2. The van der Waals surface area contributed by atoms with Gasteiger partial charge in [0.2, 0.25) is 0 Å². The van der Waals surface area contributed by atoms with Gasteiger partial charge < -0.3 is 5.32 Å². The average Bonchev–Trinajstić information content (AvgIpc) is 3.02. The SMILES string of the molecule is O=[N+]([O-])c1ccc(NC2CCc3ncnn3C2)c2ncccc12. The van der Waals surface area contributed by atoms with Crippen LogP contribution in [0.15, 0.2) is 36.8 Å². The summed E-state index contributed by atoms with van der Waals surface area (Å²) in [6.07, 6.45) is 5.01. The molecule has 1 aromatic carbocycles. The summed E-state index contributed by atoms with van der Waals surface area (Å²) in [5.41, 5.74) is 1.49. The summed E-state index contributed by atoms with van der Waals surface area (Å²) in [5, 5.41) is 19.4. The minimum atomic E-state index is -0.379. The van der Waals surface area contributed by atoms with Gasteiger partial charge in [0.1, 0.15) is 17.7 Å². The lowest BCUT2D eigenvalue weighted by molar-refractivity contribution is -0.383. The largest absolute Gasteiger partial charge is 0.379 e. The number of non-ortho nitro benzene ring substituents is 1. The number of aromatic nitrogens is 4. The second-order valence-electron chi connectivity index (χ2n) is 5.53. The molecule has 1 unspecified atom stereocenters. The first-order valence-corrected chi connectivity index (χ1v) is 7.38. The fourth-order valence-electron chi connectivity index (χ4n) is 3.01. The number of aryl methyl sites for hydroxylation is 1. The maximum Gasteiger partial charge on any atom is 0.278 e. The van der Waals surface area contributed by atoms with Gasteiger partial charge in [-0.2, -0.15) is 5.10 Å². The Balaban J connectivity index is 1.68. The highest BCUT2D eigenvalue weighted by atomic mass is 16.6. The van der Waals surface area contributed by atoms with Crippen molar-refractivity contribution in [1.82, 2.24) is 19.7 Å². The van der Waals surface area contributed by atoms with E-state index in [0.29, 0.717) is 10.9 Å². The topological polar surface area (TPSA) is 98.8 Å². The average molecular weight is 310 g/mol. The van der Waals surface area contributed by atoms with Crippen molar-refractivity contribution in [3.8, 4) is 0 Å². The number of fused-ring (bicyclic) bond motifs is 2. The first kappa shape index (κ1) is 13.6. The van der Waals surface area contributed by atoms with Crippen molar-refractivity contribution >= 4 is 22.3 Å². The molecule has 2 aromatic heterocycles. The van der Waals surface area contributed by atoms with Gasteiger partial charge in [-0.05, 0) is 24.6 Å². The van der Waals surface area contributed by atoms with E-state index >= 15 is 0 Å². The van der Waals surface area contributed by atoms with Gasteiger partial charge >= 0.3 is 0 Å². The highest BCUT2D eigenvalue weighted by molar-refractivity contribution is 5.96. The number of nitro benzene ring substituents is 1. The van der Waals surface area contributed by atoms with Crippen LogP contribution in [0.25, 0.3) is 10.9 Å². The molecule has 1 atom stereocenters. The van der Waals surface area contributed by atoms with Crippen molar-refractivity contribution < 1.29 is 4.92 Å². The van der Waals surface area contributed by atoms with Crippen LogP contribution in [0, 0.1) is 10.1 Å². The second kappa shape index (κ2) is 5.31. The van der Waals surface area contributed by atoms with E-state index in [9.17, 15) is 10.1 Å². The first-order valence-electron chi connectivity index (χ1n) is 7.38. The summed E-state index contributed by atoms with van der Waals surface area (Å²) in [4.78, 5) is 19.3. The molecule has 0 spiro atoms. The molecule has 3 heterocycles. The van der Waals surface area contributed by atoms with Crippen molar-refractivity contribution in [1.29, 1.82) is 0 Å². The minimum Gasteiger partial charge on any atom is -0.379 e. The third-order valence-corrected chi connectivity index (χ3v) is 4.11. The van der Waals surface area contributed by atoms with E-state index < -0.39 is 0 Å². The highest BCUT2D eigenvalue weighted by Gasteiger charge is 2.21. The van der Waals surface area contributed by atoms with E-state index in [-0.39, 0.29) is 16.7 Å². The van der Waals surface area contributed by atoms with Crippen molar-refractivity contribution in [2.24, 2.45) is 0 Å². The molecule has 0 aliphatic carbocycles. The first-order chi connectivity index (χ1) is 11.2. The molecule has 4 rings (SSSR count). The Morgan fingerprint density at radius 1 is 1.30 bits per heavy atom. The number of hydrogen-bond acceptors (Lipinski definition) is 6. The van der Waals surface area contributed by atoms with E-state index in [1.54, 1.807) is 30.7 Å². The Morgan fingerprint density at radius 2 is 2.22 bits per heavy atom. The van der Waals surface area contributed by atoms with Crippen molar-refractivity contribution in [3.63, 3.8) is 0 Å². The summed E-state index contributed by atoms with van der Waals surface area (Å²) in [7, 11) is 0. The summed E-state index contributed by atoms with van der Waals surface area (Å²) in [6.45, 7) is 0.723. The molecule has 8 nitrogen and oxygen atoms in total. The number of pyridine rings is 1. The molecule has 1 N–H and O–H groups in total. The predicted octanol–water partition coefficient (Wildman–Crippen LogP) is 2.16. The van der Waals surface area contributed by atoms with Crippen LogP contribution in [0.2, 0.25) is 0 Å². The van der Waals surface area contributed by atoms with Gasteiger partial charge in [0, 0.05) is 24.7 Å². The molecule has 0 fully saturated rings. The second-order valence-corrected chi connectivity index (χ2v) is 5.53. The molecule has 0 bridgehead atoms. The number of hydrogen-bond donors (Lipinski definition) is 1. The lowest BCUT2D eigenvalue weighted by Gasteiger charge is -2.24. The van der Waals surface area contributed by atoms with Gasteiger partial charge in [-0.1, -0.05) is 0 Å². The van der Waals surface area contributed by atoms with Crippen LogP contribution < -0.4 is 5.32 Å². The van der Waals surface area contributed by atoms with E-state index in [1.165, 1.54) is 6.07 Å². The van der Waals surface area contributed by atoms with Crippen molar-refractivity contribution in [2.75, 3.05) is 5.32 Å². The summed E-state index contributed by atoms with van der Waals surface area (Å²) < 4.78 is 1.89. The molecule has 8 heteroatoms. The van der Waals surface area contributed by atoms with Crippen LogP contribution in [0.4, 0.5) is 11.4 Å². The fraction of sp³-hybridized carbons (Fsp3) is 0.267. The molecule has 1 aliphatic rings. The monoisotopic (exact) mass is 310 g/mol. The smallest absolute Gasteiger partial charge is 0.278 e. The van der Waals surface area contributed by atoms with Crippen LogP contribution in [-0.4, -0.2) is 30.7 Å². The Morgan fingerprint density at radius 3 is 3.09 bits per heavy atom. The van der Waals surface area contributed by atoms with E-state index in [4.69, 9.17) is 0 Å². The zero-order valence-corrected chi connectivity index (χ0v) is 12.2. The molecule has 0 saturated heterocycles. The third-order valence-electron chi connectivity index (χ3n) is 4.11. The number of nitrogens with zero attached hydrogens (tertiary/aromatic N) is 5. The molecular weight excluding hydrogens is 296 g/mol. The van der Waals surface area contributed by atoms with Crippen molar-refractivity contribution in [3.05, 3.63) is 52.7 Å². The predicted molar refractivity (Wildman–Crippen MR) is 84.2 cm³/mol. The standard InChI is InChI=1S/C15H14N6O2/c22-21(23)13-5-4-12(15-11(13)2-1-7-16-15)19-10-3-6-14-17-9-18-20(14)8-10/h1-2,4-5,7,9-10,19H,3,6,8H2.